The number of nitrogens with two attached hydrogens (primary N) is 4. The quantitative estimate of drug-likeness (QED) is 0.0392. The highest BCUT2D eigenvalue weighted by Gasteiger charge is 2.68. The SMILES string of the molecule is CCCCc1ccc(NCc2ccc(C(=O)N[C@@H](CCN)C(=O)N[C@H](C(=O)N[C@@H](N)C(=O)N[C@@H](CCCCN)C(=O)N[C@@H](N)B3OC4C[C@@H]5C[C@@H](C5(C)C)[C@]4(C)O3)[C@@H](C)O)cc2)cc1. The van der Waals surface area contributed by atoms with Crippen molar-refractivity contribution in [2.75, 3.05) is 18.4 Å². The maximum atomic E-state index is 13.6. The Morgan fingerprint density at radius 2 is 1.44 bits per heavy atom. The van der Waals surface area contributed by atoms with Gasteiger partial charge in [-0.2, -0.15) is 0 Å². The Morgan fingerprint density at radius 3 is 2.06 bits per heavy atom. The fourth-order valence-corrected chi connectivity index (χ4v) is 9.20. The molecule has 5 amide bonds. The zero-order valence-corrected chi connectivity index (χ0v) is 38.0. The van der Waals surface area contributed by atoms with Crippen LogP contribution in [0.4, 0.5) is 5.69 Å². The van der Waals surface area contributed by atoms with Gasteiger partial charge in [0.2, 0.25) is 17.7 Å². The number of aryl methyl sites for hydroxylation is 1. The first kappa shape index (κ1) is 50.4. The summed E-state index contributed by atoms with van der Waals surface area (Å²) in [6, 6.07) is 10.3. The number of amides is 5. The Labute approximate surface area is 377 Å². The van der Waals surface area contributed by atoms with Crippen molar-refractivity contribution in [1.82, 2.24) is 26.6 Å². The molecule has 1 heterocycles. The third-order valence-corrected chi connectivity index (χ3v) is 13.4. The van der Waals surface area contributed by atoms with Crippen LogP contribution in [-0.4, -0.2) is 103 Å². The van der Waals surface area contributed by atoms with Gasteiger partial charge in [0.1, 0.15) is 24.2 Å². The molecule has 10 atom stereocenters. The molecular weight excluding hydrogens is 819 g/mol. The van der Waals surface area contributed by atoms with E-state index in [1.807, 2.05) is 19.1 Å². The molecule has 0 spiro atoms. The molecule has 0 radical (unpaired) electrons. The van der Waals surface area contributed by atoms with Crippen LogP contribution >= 0.6 is 0 Å². The molecule has 2 bridgehead atoms. The first-order valence-electron chi connectivity index (χ1n) is 22.8. The number of hydrogen-bond acceptors (Lipinski definition) is 13. The van der Waals surface area contributed by atoms with Gasteiger partial charge in [-0.15, -0.1) is 0 Å². The standard InChI is InChI=1S/C45H71BN10O8/c1-6-7-10-27-14-18-31(19-15-27)51-25-28-12-16-29(17-13-28)38(58)52-33(20-22-48)39(59)54-36(26(2)57)41(61)55-37(49)42(62)53-32(11-8-9-21-47)40(60)56-43(50)46-63-35-24-30-23-34(44(30,3)4)45(35,5)64-46/h12-19,26,30,32-37,43,51,57H,6-11,20-25,47-50H2,1-5H3,(H,52,58)(H,53,62)(H,54,59)(H,55,61)(H,56,60)/t26-,30+,32+,33+,34+,35?,36+,37-,43-,45+/m1/s1. The second-order valence-electron chi connectivity index (χ2n) is 18.4. The van der Waals surface area contributed by atoms with Crippen LogP contribution in [0.15, 0.2) is 48.5 Å². The largest absolute Gasteiger partial charge is 0.497 e. The summed E-state index contributed by atoms with van der Waals surface area (Å²) in [6.07, 6.45) is 3.17. The molecule has 6 rings (SSSR count). The minimum absolute atomic E-state index is 0.0161. The number of aliphatic hydroxyl groups is 1. The lowest BCUT2D eigenvalue weighted by atomic mass is 9.43. The van der Waals surface area contributed by atoms with Gasteiger partial charge in [0, 0.05) is 17.8 Å². The van der Waals surface area contributed by atoms with Crippen LogP contribution in [-0.2, 0) is 41.5 Å². The summed E-state index contributed by atoms with van der Waals surface area (Å²) < 4.78 is 12.6. The average Bonchev–Trinajstić information content (AvgIpc) is 3.64. The van der Waals surface area contributed by atoms with E-state index < -0.39 is 78.7 Å². The molecule has 352 valence electrons. The highest BCUT2D eigenvalue weighted by atomic mass is 16.7. The highest BCUT2D eigenvalue weighted by molar-refractivity contribution is 6.47. The first-order chi connectivity index (χ1) is 30.4. The number of carbonyl (C=O) groups excluding carboxylic acids is 5. The summed E-state index contributed by atoms with van der Waals surface area (Å²) in [5.74, 6) is -3.03. The van der Waals surface area contributed by atoms with Gasteiger partial charge < -0.3 is 69.3 Å². The van der Waals surface area contributed by atoms with E-state index in [0.29, 0.717) is 43.3 Å². The Bertz CT molecular complexity index is 1910. The molecule has 15 N–H and O–H groups in total. The predicted octanol–water partition coefficient (Wildman–Crippen LogP) is 0.637. The lowest BCUT2D eigenvalue weighted by Crippen LogP contribution is -2.65. The second kappa shape index (κ2) is 22.5. The van der Waals surface area contributed by atoms with Crippen LogP contribution in [0, 0.1) is 17.3 Å². The normalized spacial score (nSPS) is 23.5. The van der Waals surface area contributed by atoms with Gasteiger partial charge >= 0.3 is 7.12 Å². The Balaban J connectivity index is 1.12. The van der Waals surface area contributed by atoms with Crippen molar-refractivity contribution in [3.63, 3.8) is 0 Å². The number of nitrogens with one attached hydrogen (secondary N) is 6. The smallest absolute Gasteiger partial charge is 0.403 e. The molecule has 19 heteroatoms. The van der Waals surface area contributed by atoms with Crippen LogP contribution in [0.25, 0.3) is 0 Å². The van der Waals surface area contributed by atoms with E-state index in [-0.39, 0.29) is 30.9 Å². The van der Waals surface area contributed by atoms with Crippen molar-refractivity contribution in [1.29, 1.82) is 0 Å². The number of hydrogen-bond donors (Lipinski definition) is 11. The molecule has 64 heavy (non-hydrogen) atoms. The first-order valence-corrected chi connectivity index (χ1v) is 22.8. The fraction of sp³-hybridized carbons (Fsp3) is 0.622. The fourth-order valence-electron chi connectivity index (χ4n) is 9.20. The van der Waals surface area contributed by atoms with E-state index in [9.17, 15) is 29.1 Å². The lowest BCUT2D eigenvalue weighted by Gasteiger charge is -2.64. The minimum Gasteiger partial charge on any atom is -0.403 e. The lowest BCUT2D eigenvalue weighted by molar-refractivity contribution is -0.199. The summed E-state index contributed by atoms with van der Waals surface area (Å²) in [4.78, 5) is 67.1. The van der Waals surface area contributed by atoms with Gasteiger partial charge in [-0.05, 0) is 131 Å². The Kier molecular flexibility index (Phi) is 17.7. The number of rotatable bonds is 24. The summed E-state index contributed by atoms with van der Waals surface area (Å²) in [7, 11) is -0.898. The molecule has 4 fully saturated rings. The van der Waals surface area contributed by atoms with Crippen molar-refractivity contribution >= 4 is 42.3 Å². The monoisotopic (exact) mass is 891 g/mol. The van der Waals surface area contributed by atoms with E-state index >= 15 is 0 Å². The predicted molar refractivity (Wildman–Crippen MR) is 245 cm³/mol. The molecule has 1 unspecified atom stereocenters. The van der Waals surface area contributed by atoms with Crippen LogP contribution in [0.3, 0.4) is 0 Å². The summed E-state index contributed by atoms with van der Waals surface area (Å²) >= 11 is 0. The molecule has 2 aromatic rings. The summed E-state index contributed by atoms with van der Waals surface area (Å²) in [5, 5.41) is 26.6. The molecular formula is C45H71BN10O8. The highest BCUT2D eigenvalue weighted by Crippen LogP contribution is 2.65. The van der Waals surface area contributed by atoms with Crippen LogP contribution in [0.2, 0.25) is 0 Å². The van der Waals surface area contributed by atoms with Crippen molar-refractivity contribution in [3.8, 4) is 0 Å². The average molecular weight is 891 g/mol. The van der Waals surface area contributed by atoms with Gasteiger partial charge in [-0.25, -0.2) is 0 Å². The van der Waals surface area contributed by atoms with E-state index in [2.05, 4.69) is 64.8 Å². The zero-order chi connectivity index (χ0) is 46.8. The molecule has 3 aliphatic carbocycles. The van der Waals surface area contributed by atoms with Crippen LogP contribution < -0.4 is 54.8 Å². The van der Waals surface area contributed by atoms with Crippen molar-refractivity contribution in [2.45, 2.75) is 147 Å². The third-order valence-electron chi connectivity index (χ3n) is 13.4. The van der Waals surface area contributed by atoms with Gasteiger partial charge in [0.25, 0.3) is 11.8 Å². The van der Waals surface area contributed by atoms with E-state index in [1.54, 1.807) is 24.3 Å². The Morgan fingerprint density at radius 1 is 0.781 bits per heavy atom. The molecule has 1 saturated heterocycles. The number of anilines is 1. The summed E-state index contributed by atoms with van der Waals surface area (Å²) in [6.45, 7) is 10.9. The Hall–Kier alpha value is -4.63. The van der Waals surface area contributed by atoms with Gasteiger partial charge in [-0.3, -0.25) is 24.0 Å². The molecule has 2 aromatic carbocycles. The molecule has 1 aliphatic heterocycles. The van der Waals surface area contributed by atoms with Crippen LogP contribution in [0.1, 0.15) is 107 Å². The van der Waals surface area contributed by atoms with Gasteiger partial charge in [0.15, 0.2) is 6.17 Å². The third kappa shape index (κ3) is 12.4. The minimum atomic E-state index is -1.70. The molecule has 0 aromatic heterocycles. The van der Waals surface area contributed by atoms with E-state index in [4.69, 9.17) is 32.2 Å². The van der Waals surface area contributed by atoms with Gasteiger partial charge in [0.05, 0.1) is 17.8 Å². The van der Waals surface area contributed by atoms with Crippen molar-refractivity contribution in [3.05, 3.63) is 65.2 Å². The molecule has 4 aliphatic rings. The maximum absolute atomic E-state index is 13.6. The van der Waals surface area contributed by atoms with Gasteiger partial charge in [-0.1, -0.05) is 51.5 Å². The topological polar surface area (TPSA) is 300 Å². The second-order valence-corrected chi connectivity index (χ2v) is 18.4. The van der Waals surface area contributed by atoms with Crippen LogP contribution in [0.5, 0.6) is 0 Å². The van der Waals surface area contributed by atoms with E-state index in [0.717, 1.165) is 43.4 Å². The van der Waals surface area contributed by atoms with Crippen molar-refractivity contribution < 1.29 is 38.4 Å². The molecule has 3 saturated carbocycles. The summed E-state index contributed by atoms with van der Waals surface area (Å²) in [5.41, 5.74) is 27.1. The number of aliphatic hydroxyl groups excluding tert-OH is 1. The maximum Gasteiger partial charge on any atom is 0.497 e. The van der Waals surface area contributed by atoms with E-state index in [1.165, 1.54) is 12.5 Å². The number of benzene rings is 2. The number of unbranched alkanes of at least 4 members (excludes halogenated alkanes) is 2. The van der Waals surface area contributed by atoms with Crippen molar-refractivity contribution in [2.24, 2.45) is 40.2 Å². The zero-order valence-electron chi connectivity index (χ0n) is 38.0. The molecule has 18 nitrogen and oxygen atoms in total. The number of carbonyl (C=O) groups is 5.